The molecule has 19 heavy (non-hydrogen) atoms. The van der Waals surface area contributed by atoms with Gasteiger partial charge in [-0.1, -0.05) is 6.07 Å². The molecule has 0 saturated heterocycles. The highest BCUT2D eigenvalue weighted by Gasteiger charge is 2.24. The van der Waals surface area contributed by atoms with E-state index in [4.69, 9.17) is 9.47 Å². The van der Waals surface area contributed by atoms with Gasteiger partial charge in [0, 0.05) is 6.54 Å². The normalized spacial score (nSPS) is 13.4. The molecule has 104 valence electrons. The van der Waals surface area contributed by atoms with Gasteiger partial charge in [0.1, 0.15) is 0 Å². The van der Waals surface area contributed by atoms with E-state index in [0.717, 1.165) is 23.5 Å². The fourth-order valence-corrected chi connectivity index (χ4v) is 1.75. The van der Waals surface area contributed by atoms with Gasteiger partial charge < -0.3 is 20.1 Å². The molecular weight excluding hydrogens is 244 g/mol. The summed E-state index contributed by atoms with van der Waals surface area (Å²) in [5.41, 5.74) is 0.571. The number of hydrogen-bond acceptors (Lipinski definition) is 4. The number of carbonyl (C=O) groups is 1. The number of likely N-dealkylation sites (N-methyl/N-ethyl adjacent to an activating group) is 1. The van der Waals surface area contributed by atoms with E-state index in [1.54, 1.807) is 7.05 Å². The zero-order valence-electron chi connectivity index (χ0n) is 11.6. The molecule has 2 rings (SSSR count). The third-order valence-corrected chi connectivity index (χ3v) is 3.33. The summed E-state index contributed by atoms with van der Waals surface area (Å²) in [6.07, 6.45) is 0.766. The topological polar surface area (TPSA) is 59.6 Å². The van der Waals surface area contributed by atoms with E-state index < -0.39 is 5.54 Å². The lowest BCUT2D eigenvalue weighted by Crippen LogP contribution is -2.51. The van der Waals surface area contributed by atoms with Crippen molar-refractivity contribution in [1.29, 1.82) is 0 Å². The average molecular weight is 264 g/mol. The van der Waals surface area contributed by atoms with Crippen molar-refractivity contribution in [3.8, 4) is 11.5 Å². The number of amides is 1. The fraction of sp³-hybridized carbons (Fsp3) is 0.500. The summed E-state index contributed by atoms with van der Waals surface area (Å²) >= 11 is 0. The zero-order chi connectivity index (χ0) is 13.9. The lowest BCUT2D eigenvalue weighted by molar-refractivity contribution is -0.126. The summed E-state index contributed by atoms with van der Waals surface area (Å²) in [6, 6.07) is 5.84. The highest BCUT2D eigenvalue weighted by molar-refractivity contribution is 5.85. The maximum absolute atomic E-state index is 11.9. The van der Waals surface area contributed by atoms with Crippen LogP contribution < -0.4 is 20.1 Å². The SMILES string of the molecule is CNC(C)(C)C(=O)NCCc1ccc2c(c1)OCO2. The maximum Gasteiger partial charge on any atom is 0.239 e. The molecule has 0 unspecified atom stereocenters. The maximum atomic E-state index is 11.9. The van der Waals surface area contributed by atoms with Gasteiger partial charge in [0.2, 0.25) is 12.7 Å². The van der Waals surface area contributed by atoms with Crippen molar-refractivity contribution in [3.63, 3.8) is 0 Å². The van der Waals surface area contributed by atoms with Crippen molar-refractivity contribution < 1.29 is 14.3 Å². The minimum absolute atomic E-state index is 0.00394. The Labute approximate surface area is 113 Å². The van der Waals surface area contributed by atoms with Crippen LogP contribution in [0.4, 0.5) is 0 Å². The van der Waals surface area contributed by atoms with Gasteiger partial charge in [-0.2, -0.15) is 0 Å². The Hall–Kier alpha value is -1.75. The first-order valence-corrected chi connectivity index (χ1v) is 6.38. The van der Waals surface area contributed by atoms with Crippen molar-refractivity contribution in [2.45, 2.75) is 25.8 Å². The number of benzene rings is 1. The van der Waals surface area contributed by atoms with Gasteiger partial charge in [-0.25, -0.2) is 0 Å². The van der Waals surface area contributed by atoms with Crippen molar-refractivity contribution in [1.82, 2.24) is 10.6 Å². The van der Waals surface area contributed by atoms with Crippen LogP contribution in [0.2, 0.25) is 0 Å². The summed E-state index contributed by atoms with van der Waals surface area (Å²) in [6.45, 7) is 4.58. The molecule has 5 heteroatoms. The Bertz CT molecular complexity index is 472. The smallest absolute Gasteiger partial charge is 0.239 e. The van der Waals surface area contributed by atoms with E-state index in [1.807, 2.05) is 32.0 Å². The summed E-state index contributed by atoms with van der Waals surface area (Å²) in [5.74, 6) is 1.55. The molecule has 1 aliphatic rings. The fourth-order valence-electron chi connectivity index (χ4n) is 1.75. The second-order valence-corrected chi connectivity index (χ2v) is 5.07. The molecule has 0 spiro atoms. The van der Waals surface area contributed by atoms with Gasteiger partial charge in [0.25, 0.3) is 0 Å². The number of hydrogen-bond donors (Lipinski definition) is 2. The number of rotatable bonds is 5. The van der Waals surface area contributed by atoms with Crippen molar-refractivity contribution in [2.24, 2.45) is 0 Å². The second-order valence-electron chi connectivity index (χ2n) is 5.07. The Morgan fingerprint density at radius 3 is 2.79 bits per heavy atom. The van der Waals surface area contributed by atoms with E-state index in [2.05, 4.69) is 10.6 Å². The van der Waals surface area contributed by atoms with Gasteiger partial charge in [0.05, 0.1) is 5.54 Å². The molecule has 0 aromatic heterocycles. The molecule has 5 nitrogen and oxygen atoms in total. The predicted octanol–water partition coefficient (Wildman–Crippen LogP) is 1.07. The average Bonchev–Trinajstić information content (AvgIpc) is 2.86. The lowest BCUT2D eigenvalue weighted by atomic mass is 10.0. The Kier molecular flexibility index (Phi) is 3.95. The van der Waals surface area contributed by atoms with Crippen LogP contribution in [0.5, 0.6) is 11.5 Å². The number of fused-ring (bicyclic) bond motifs is 1. The molecule has 1 amide bonds. The third kappa shape index (κ3) is 3.17. The molecule has 1 aromatic carbocycles. The summed E-state index contributed by atoms with van der Waals surface area (Å²) in [5, 5.41) is 5.89. The highest BCUT2D eigenvalue weighted by atomic mass is 16.7. The molecule has 0 fully saturated rings. The van der Waals surface area contributed by atoms with E-state index in [0.29, 0.717) is 6.54 Å². The van der Waals surface area contributed by atoms with Crippen LogP contribution in [0.15, 0.2) is 18.2 Å². The van der Waals surface area contributed by atoms with Crippen molar-refractivity contribution in [3.05, 3.63) is 23.8 Å². The Balaban J connectivity index is 1.85. The summed E-state index contributed by atoms with van der Waals surface area (Å²) in [4.78, 5) is 11.9. The molecular formula is C14H20N2O3. The van der Waals surface area contributed by atoms with Gasteiger partial charge >= 0.3 is 0 Å². The largest absolute Gasteiger partial charge is 0.454 e. The van der Waals surface area contributed by atoms with Crippen LogP contribution in [0.25, 0.3) is 0 Å². The predicted molar refractivity (Wildman–Crippen MR) is 72.4 cm³/mol. The molecule has 0 radical (unpaired) electrons. The monoisotopic (exact) mass is 264 g/mol. The summed E-state index contributed by atoms with van der Waals surface area (Å²) in [7, 11) is 1.78. The van der Waals surface area contributed by atoms with E-state index in [-0.39, 0.29) is 12.7 Å². The Morgan fingerprint density at radius 2 is 2.05 bits per heavy atom. The quantitative estimate of drug-likeness (QED) is 0.835. The minimum Gasteiger partial charge on any atom is -0.454 e. The van der Waals surface area contributed by atoms with Crippen LogP contribution in [0.3, 0.4) is 0 Å². The molecule has 0 atom stereocenters. The zero-order valence-corrected chi connectivity index (χ0v) is 11.6. The molecule has 1 aliphatic heterocycles. The van der Waals surface area contributed by atoms with Gasteiger partial charge in [-0.15, -0.1) is 0 Å². The first kappa shape index (κ1) is 13.7. The lowest BCUT2D eigenvalue weighted by Gasteiger charge is -2.22. The first-order valence-electron chi connectivity index (χ1n) is 6.38. The van der Waals surface area contributed by atoms with Gasteiger partial charge in [-0.3, -0.25) is 4.79 Å². The van der Waals surface area contributed by atoms with Crippen LogP contribution in [0.1, 0.15) is 19.4 Å². The number of nitrogens with one attached hydrogen (secondary N) is 2. The summed E-state index contributed by atoms with van der Waals surface area (Å²) < 4.78 is 10.6. The van der Waals surface area contributed by atoms with Crippen molar-refractivity contribution >= 4 is 5.91 Å². The molecule has 1 heterocycles. The van der Waals surface area contributed by atoms with Gasteiger partial charge in [0.15, 0.2) is 11.5 Å². The number of ether oxygens (including phenoxy) is 2. The number of carbonyl (C=O) groups excluding carboxylic acids is 1. The van der Waals surface area contributed by atoms with Crippen LogP contribution in [-0.4, -0.2) is 31.8 Å². The molecule has 1 aromatic rings. The van der Waals surface area contributed by atoms with Crippen LogP contribution in [-0.2, 0) is 11.2 Å². The minimum atomic E-state index is -0.547. The standard InChI is InChI=1S/C14H20N2O3/c1-14(2,15-3)13(17)16-7-6-10-4-5-11-12(8-10)19-9-18-11/h4-5,8,15H,6-7,9H2,1-3H3,(H,16,17). The van der Waals surface area contributed by atoms with E-state index >= 15 is 0 Å². The third-order valence-electron chi connectivity index (χ3n) is 3.33. The highest BCUT2D eigenvalue weighted by Crippen LogP contribution is 2.32. The molecule has 0 bridgehead atoms. The molecule has 2 N–H and O–H groups in total. The second kappa shape index (κ2) is 5.48. The molecule has 0 saturated carbocycles. The van der Waals surface area contributed by atoms with Crippen LogP contribution in [0, 0.1) is 0 Å². The first-order chi connectivity index (χ1) is 9.03. The Morgan fingerprint density at radius 1 is 1.32 bits per heavy atom. The van der Waals surface area contributed by atoms with Crippen molar-refractivity contribution in [2.75, 3.05) is 20.4 Å². The van der Waals surface area contributed by atoms with Gasteiger partial charge in [-0.05, 0) is 45.0 Å². The van der Waals surface area contributed by atoms with E-state index in [1.165, 1.54) is 0 Å². The van der Waals surface area contributed by atoms with Crippen LogP contribution >= 0.6 is 0 Å². The van der Waals surface area contributed by atoms with E-state index in [9.17, 15) is 4.79 Å². The molecule has 0 aliphatic carbocycles.